The molecule has 0 aliphatic rings. The Morgan fingerprint density at radius 3 is 3.00 bits per heavy atom. The largest absolute Gasteiger partial charge is 0.310 e. The van der Waals surface area contributed by atoms with Gasteiger partial charge in [-0.3, -0.25) is 9.89 Å². The van der Waals surface area contributed by atoms with Gasteiger partial charge in [-0.25, -0.2) is 9.97 Å². The van der Waals surface area contributed by atoms with Crippen molar-refractivity contribution in [2.75, 3.05) is 5.32 Å². The summed E-state index contributed by atoms with van der Waals surface area (Å²) in [5.74, 6) is 1.15. The van der Waals surface area contributed by atoms with Gasteiger partial charge in [-0.2, -0.15) is 0 Å². The van der Waals surface area contributed by atoms with Crippen LogP contribution in [0.4, 0.5) is 5.82 Å². The number of H-pyrrole nitrogens is 1. The van der Waals surface area contributed by atoms with Crippen molar-refractivity contribution in [1.82, 2.24) is 20.2 Å². The van der Waals surface area contributed by atoms with Crippen molar-refractivity contribution >= 4 is 35.1 Å². The van der Waals surface area contributed by atoms with Crippen LogP contribution in [0.25, 0.3) is 0 Å². The quantitative estimate of drug-likeness (QED) is 0.798. The van der Waals surface area contributed by atoms with Crippen LogP contribution in [0, 0.1) is 0 Å². The Kier molecular flexibility index (Phi) is 5.58. The third-order valence-electron chi connectivity index (χ3n) is 2.63. The Morgan fingerprint density at radius 2 is 2.33 bits per heavy atom. The molecule has 2 N–H and O–H groups in total. The van der Waals surface area contributed by atoms with Gasteiger partial charge in [-0.15, -0.1) is 5.10 Å². The topological polar surface area (TPSA) is 83.6 Å². The molecule has 0 radical (unpaired) electrons. The number of carbonyl (C=O) groups excluding carboxylic acids is 1. The molecule has 1 atom stereocenters. The molecule has 0 bridgehead atoms. The third-order valence-corrected chi connectivity index (χ3v) is 3.81. The second-order valence-electron chi connectivity index (χ2n) is 4.43. The summed E-state index contributed by atoms with van der Waals surface area (Å²) >= 11 is 7.05. The van der Waals surface area contributed by atoms with Crippen LogP contribution in [0.15, 0.2) is 23.5 Å². The monoisotopic (exact) mass is 325 g/mol. The van der Waals surface area contributed by atoms with Crippen LogP contribution in [-0.4, -0.2) is 31.3 Å². The summed E-state index contributed by atoms with van der Waals surface area (Å²) in [6.45, 7) is 3.87. The summed E-state index contributed by atoms with van der Waals surface area (Å²) in [6.07, 6.45) is 3.33. The van der Waals surface area contributed by atoms with Crippen molar-refractivity contribution in [2.24, 2.45) is 0 Å². The number of aryl methyl sites for hydroxylation is 1. The number of carbonyl (C=O) groups is 1. The summed E-state index contributed by atoms with van der Waals surface area (Å²) in [6, 6.07) is 3.33. The van der Waals surface area contributed by atoms with Crippen LogP contribution in [0.3, 0.4) is 0 Å². The summed E-state index contributed by atoms with van der Waals surface area (Å²) in [7, 11) is 0. The van der Waals surface area contributed by atoms with Crippen LogP contribution >= 0.6 is 23.4 Å². The van der Waals surface area contributed by atoms with Gasteiger partial charge in [0.1, 0.15) is 11.6 Å². The van der Waals surface area contributed by atoms with Gasteiger partial charge in [0, 0.05) is 12.6 Å². The van der Waals surface area contributed by atoms with E-state index in [1.165, 1.54) is 18.0 Å². The van der Waals surface area contributed by atoms with Crippen molar-refractivity contribution in [3.05, 3.63) is 29.2 Å². The first kappa shape index (κ1) is 15.8. The molecule has 21 heavy (non-hydrogen) atoms. The van der Waals surface area contributed by atoms with Gasteiger partial charge in [-0.05, 0) is 25.5 Å². The molecule has 112 valence electrons. The lowest BCUT2D eigenvalue weighted by Gasteiger charge is -2.09. The standard InChI is InChI=1S/C13H16ClN5OS/c1-3-4-11-17-13(19-18-11)21-8(2)12(20)16-10-6-5-9(14)7-15-10/h5-8H,3-4H2,1-2H3,(H,15,16,20)(H,17,18,19). The zero-order chi connectivity index (χ0) is 15.2. The minimum absolute atomic E-state index is 0.156. The first-order valence-electron chi connectivity index (χ1n) is 6.59. The van der Waals surface area contributed by atoms with Crippen LogP contribution < -0.4 is 5.32 Å². The molecule has 6 nitrogen and oxygen atoms in total. The molecule has 2 heterocycles. The lowest BCUT2D eigenvalue weighted by atomic mass is 10.3. The van der Waals surface area contributed by atoms with E-state index in [0.717, 1.165) is 18.7 Å². The van der Waals surface area contributed by atoms with Gasteiger partial charge in [0.2, 0.25) is 11.1 Å². The highest BCUT2D eigenvalue weighted by Crippen LogP contribution is 2.20. The van der Waals surface area contributed by atoms with E-state index >= 15 is 0 Å². The fraction of sp³-hybridized carbons (Fsp3) is 0.385. The predicted molar refractivity (Wildman–Crippen MR) is 83.6 cm³/mol. The first-order valence-corrected chi connectivity index (χ1v) is 7.84. The number of hydrogen-bond donors (Lipinski definition) is 2. The zero-order valence-electron chi connectivity index (χ0n) is 11.8. The molecular weight excluding hydrogens is 310 g/mol. The fourth-order valence-electron chi connectivity index (χ4n) is 1.57. The highest BCUT2D eigenvalue weighted by molar-refractivity contribution is 8.00. The van der Waals surface area contributed by atoms with E-state index in [1.54, 1.807) is 19.1 Å². The number of anilines is 1. The van der Waals surface area contributed by atoms with Crippen molar-refractivity contribution in [2.45, 2.75) is 37.1 Å². The van der Waals surface area contributed by atoms with Gasteiger partial charge in [0.25, 0.3) is 0 Å². The number of aromatic amines is 1. The van der Waals surface area contributed by atoms with Crippen LogP contribution in [0.1, 0.15) is 26.1 Å². The number of pyridine rings is 1. The van der Waals surface area contributed by atoms with Gasteiger partial charge in [-0.1, -0.05) is 30.3 Å². The maximum atomic E-state index is 12.1. The second-order valence-corrected chi connectivity index (χ2v) is 6.17. The molecule has 0 saturated heterocycles. The van der Waals surface area contributed by atoms with E-state index < -0.39 is 0 Å². The summed E-state index contributed by atoms with van der Waals surface area (Å²) in [4.78, 5) is 20.4. The molecule has 8 heteroatoms. The maximum Gasteiger partial charge on any atom is 0.238 e. The van der Waals surface area contributed by atoms with E-state index in [0.29, 0.717) is 16.0 Å². The predicted octanol–water partition coefficient (Wildman–Crippen LogP) is 2.92. The number of halogens is 1. The third kappa shape index (κ3) is 4.71. The minimum atomic E-state index is -0.326. The summed E-state index contributed by atoms with van der Waals surface area (Å²) in [5.41, 5.74) is 0. The van der Waals surface area contributed by atoms with Crippen molar-refractivity contribution < 1.29 is 4.79 Å². The molecule has 0 aliphatic carbocycles. The second kappa shape index (κ2) is 7.42. The highest BCUT2D eigenvalue weighted by atomic mass is 35.5. The van der Waals surface area contributed by atoms with Crippen LogP contribution in [0.2, 0.25) is 5.02 Å². The summed E-state index contributed by atoms with van der Waals surface area (Å²) in [5, 5.41) is 10.5. The molecule has 0 spiro atoms. The maximum absolute atomic E-state index is 12.1. The van der Waals surface area contributed by atoms with E-state index in [9.17, 15) is 4.79 Å². The van der Waals surface area contributed by atoms with Crippen LogP contribution in [0.5, 0.6) is 0 Å². The molecular formula is C13H16ClN5OS. The van der Waals surface area contributed by atoms with Crippen molar-refractivity contribution in [3.63, 3.8) is 0 Å². The van der Waals surface area contributed by atoms with E-state index in [-0.39, 0.29) is 11.2 Å². The average molecular weight is 326 g/mol. The van der Waals surface area contributed by atoms with Gasteiger partial charge in [0.05, 0.1) is 10.3 Å². The lowest BCUT2D eigenvalue weighted by Crippen LogP contribution is -2.23. The lowest BCUT2D eigenvalue weighted by molar-refractivity contribution is -0.115. The Bertz CT molecular complexity index is 601. The van der Waals surface area contributed by atoms with Gasteiger partial charge >= 0.3 is 0 Å². The zero-order valence-corrected chi connectivity index (χ0v) is 13.3. The highest BCUT2D eigenvalue weighted by Gasteiger charge is 2.17. The minimum Gasteiger partial charge on any atom is -0.310 e. The number of thioether (sulfide) groups is 1. The molecule has 1 unspecified atom stereocenters. The molecule has 0 fully saturated rings. The average Bonchev–Trinajstić information content (AvgIpc) is 2.89. The van der Waals surface area contributed by atoms with E-state index in [2.05, 4.69) is 32.4 Å². The molecule has 1 amide bonds. The van der Waals surface area contributed by atoms with Crippen molar-refractivity contribution in [3.8, 4) is 0 Å². The molecule has 0 aliphatic heterocycles. The molecule has 2 rings (SSSR count). The smallest absolute Gasteiger partial charge is 0.238 e. The first-order chi connectivity index (χ1) is 10.1. The number of hydrogen-bond acceptors (Lipinski definition) is 5. The molecule has 0 aromatic carbocycles. The van der Waals surface area contributed by atoms with Crippen molar-refractivity contribution in [1.29, 1.82) is 0 Å². The number of nitrogens with zero attached hydrogens (tertiary/aromatic N) is 3. The fourth-order valence-corrected chi connectivity index (χ4v) is 2.42. The molecule has 2 aromatic rings. The number of nitrogens with one attached hydrogen (secondary N) is 2. The molecule has 2 aromatic heterocycles. The Labute approximate surface area is 132 Å². The van der Waals surface area contributed by atoms with E-state index in [1.807, 2.05) is 0 Å². The van der Waals surface area contributed by atoms with Gasteiger partial charge < -0.3 is 5.32 Å². The Hall–Kier alpha value is -1.60. The number of rotatable bonds is 6. The summed E-state index contributed by atoms with van der Waals surface area (Å²) < 4.78 is 0. The van der Waals surface area contributed by atoms with Crippen LogP contribution in [-0.2, 0) is 11.2 Å². The SMILES string of the molecule is CCCc1nc(SC(C)C(=O)Nc2ccc(Cl)cn2)n[nH]1. The Balaban J connectivity index is 1.90. The Morgan fingerprint density at radius 1 is 1.52 bits per heavy atom. The normalized spacial score (nSPS) is 12.1. The molecule has 0 saturated carbocycles. The van der Waals surface area contributed by atoms with E-state index in [4.69, 9.17) is 11.6 Å². The van der Waals surface area contributed by atoms with Gasteiger partial charge in [0.15, 0.2) is 0 Å². The number of aromatic nitrogens is 4. The number of amides is 1.